The zero-order chi connectivity index (χ0) is 17.6. The van der Waals surface area contributed by atoms with E-state index in [1.807, 2.05) is 0 Å². The highest BCUT2D eigenvalue weighted by Gasteiger charge is 2.13. The number of anilines is 1. The molecule has 7 heteroatoms. The molecule has 1 aliphatic rings. The fourth-order valence-electron chi connectivity index (χ4n) is 2.93. The lowest BCUT2D eigenvalue weighted by atomic mass is 10.2. The lowest BCUT2D eigenvalue weighted by Gasteiger charge is -2.26. The number of nitrogens with one attached hydrogen (secondary N) is 1. The fraction of sp³-hybridized carbons (Fsp3) is 0.500. The number of fused-ring (bicyclic) bond motifs is 1. The second kappa shape index (κ2) is 8.22. The summed E-state index contributed by atoms with van der Waals surface area (Å²) in [7, 11) is 3.08. The van der Waals surface area contributed by atoms with E-state index in [0.717, 1.165) is 45.8 Å². The highest BCUT2D eigenvalue weighted by molar-refractivity contribution is 5.85. The normalized spacial score (nSPS) is 15.3. The van der Waals surface area contributed by atoms with E-state index in [0.29, 0.717) is 28.4 Å². The number of rotatable bonds is 7. The number of hydrogen-bond donors (Lipinski definition) is 1. The molecule has 3 rings (SSSR count). The molecule has 7 nitrogen and oxygen atoms in total. The van der Waals surface area contributed by atoms with E-state index < -0.39 is 0 Å². The monoisotopic (exact) mass is 348 g/mol. The van der Waals surface area contributed by atoms with Crippen LogP contribution >= 0.6 is 0 Å². The molecule has 1 aliphatic heterocycles. The van der Waals surface area contributed by atoms with Crippen molar-refractivity contribution in [2.24, 2.45) is 0 Å². The van der Waals surface area contributed by atoms with Gasteiger partial charge in [0.05, 0.1) is 27.4 Å². The van der Waals surface area contributed by atoms with Crippen LogP contribution in [0.25, 0.3) is 11.0 Å². The molecule has 0 amide bonds. The second-order valence-corrected chi connectivity index (χ2v) is 5.91. The van der Waals surface area contributed by atoms with E-state index in [9.17, 15) is 4.79 Å². The van der Waals surface area contributed by atoms with E-state index in [2.05, 4.69) is 10.2 Å². The molecule has 2 aromatic rings. The zero-order valence-electron chi connectivity index (χ0n) is 14.7. The summed E-state index contributed by atoms with van der Waals surface area (Å²) in [5.74, 6) is 1.48. The van der Waals surface area contributed by atoms with E-state index in [-0.39, 0.29) is 5.43 Å². The third-order valence-corrected chi connectivity index (χ3v) is 4.28. The summed E-state index contributed by atoms with van der Waals surface area (Å²) in [6.45, 7) is 5.28. The zero-order valence-corrected chi connectivity index (χ0v) is 14.7. The standard InChI is InChI=1S/C18H24N2O5/c1-22-13-10-15(23-2)18-14(21)12-17(25-16(18)11-13)19-4-3-5-20-6-8-24-9-7-20/h10-12,19H,3-9H2,1-2H3. The van der Waals surface area contributed by atoms with Gasteiger partial charge in [0, 0.05) is 37.8 Å². The topological polar surface area (TPSA) is 73.2 Å². The van der Waals surface area contributed by atoms with Crippen molar-refractivity contribution in [3.8, 4) is 11.5 Å². The molecule has 2 heterocycles. The van der Waals surface area contributed by atoms with Gasteiger partial charge < -0.3 is 23.9 Å². The van der Waals surface area contributed by atoms with Crippen LogP contribution in [0.1, 0.15) is 6.42 Å². The lowest BCUT2D eigenvalue weighted by molar-refractivity contribution is 0.0378. The van der Waals surface area contributed by atoms with Gasteiger partial charge in [-0.2, -0.15) is 0 Å². The molecule has 0 aliphatic carbocycles. The van der Waals surface area contributed by atoms with Crippen LogP contribution in [-0.2, 0) is 4.74 Å². The number of nitrogens with zero attached hydrogens (tertiary/aromatic N) is 1. The van der Waals surface area contributed by atoms with Gasteiger partial charge in [-0.25, -0.2) is 0 Å². The highest BCUT2D eigenvalue weighted by atomic mass is 16.5. The van der Waals surface area contributed by atoms with Crippen molar-refractivity contribution < 1.29 is 18.6 Å². The summed E-state index contributed by atoms with van der Waals surface area (Å²) in [5.41, 5.74) is 0.302. The summed E-state index contributed by atoms with van der Waals surface area (Å²) in [4.78, 5) is 14.8. The Hall–Kier alpha value is -2.25. The first kappa shape index (κ1) is 17.6. The molecule has 0 unspecified atom stereocenters. The molecule has 136 valence electrons. The highest BCUT2D eigenvalue weighted by Crippen LogP contribution is 2.30. The summed E-state index contributed by atoms with van der Waals surface area (Å²) in [5, 5.41) is 3.60. The number of morpholine rings is 1. The van der Waals surface area contributed by atoms with Crippen molar-refractivity contribution in [1.29, 1.82) is 0 Å². The number of ether oxygens (including phenoxy) is 3. The van der Waals surface area contributed by atoms with E-state index in [1.54, 1.807) is 19.2 Å². The molecule has 25 heavy (non-hydrogen) atoms. The smallest absolute Gasteiger partial charge is 0.198 e. The molecule has 0 radical (unpaired) electrons. The Morgan fingerprint density at radius 3 is 2.68 bits per heavy atom. The molecule has 0 atom stereocenters. The van der Waals surface area contributed by atoms with Crippen LogP contribution in [-0.4, -0.2) is 58.5 Å². The van der Waals surface area contributed by atoms with Gasteiger partial charge in [0.1, 0.15) is 22.5 Å². The van der Waals surface area contributed by atoms with Crippen LogP contribution in [0.4, 0.5) is 5.88 Å². The summed E-state index contributed by atoms with van der Waals surface area (Å²) in [6.07, 6.45) is 0.961. The minimum absolute atomic E-state index is 0.142. The van der Waals surface area contributed by atoms with Crippen LogP contribution in [0, 0.1) is 0 Å². The van der Waals surface area contributed by atoms with Gasteiger partial charge in [0.2, 0.25) is 0 Å². The average Bonchev–Trinajstić information content (AvgIpc) is 2.65. The van der Waals surface area contributed by atoms with Crippen LogP contribution in [0.3, 0.4) is 0 Å². The maximum atomic E-state index is 12.4. The van der Waals surface area contributed by atoms with Gasteiger partial charge in [0.25, 0.3) is 0 Å². The molecule has 0 bridgehead atoms. The SMILES string of the molecule is COc1cc(OC)c2c(=O)cc(NCCCN3CCOCC3)oc2c1. The molecular formula is C18H24N2O5. The number of hydrogen-bond acceptors (Lipinski definition) is 7. The first-order chi connectivity index (χ1) is 12.2. The van der Waals surface area contributed by atoms with Gasteiger partial charge in [0.15, 0.2) is 11.3 Å². The van der Waals surface area contributed by atoms with Gasteiger partial charge in [-0.15, -0.1) is 0 Å². The quantitative estimate of drug-likeness (QED) is 0.767. The third-order valence-electron chi connectivity index (χ3n) is 4.28. The molecule has 1 N–H and O–H groups in total. The minimum Gasteiger partial charge on any atom is -0.496 e. The van der Waals surface area contributed by atoms with Crippen molar-refractivity contribution in [3.63, 3.8) is 0 Å². The van der Waals surface area contributed by atoms with Crippen LogP contribution in [0.5, 0.6) is 11.5 Å². The first-order valence-corrected chi connectivity index (χ1v) is 8.45. The maximum Gasteiger partial charge on any atom is 0.198 e. The van der Waals surface area contributed by atoms with Crippen LogP contribution in [0.2, 0.25) is 0 Å². The Kier molecular flexibility index (Phi) is 5.78. The van der Waals surface area contributed by atoms with Gasteiger partial charge in [-0.3, -0.25) is 9.69 Å². The third kappa shape index (κ3) is 4.24. The number of methoxy groups -OCH3 is 2. The number of benzene rings is 1. The van der Waals surface area contributed by atoms with Crippen molar-refractivity contribution >= 4 is 16.9 Å². The van der Waals surface area contributed by atoms with Crippen molar-refractivity contribution in [2.45, 2.75) is 6.42 Å². The molecule has 1 fully saturated rings. The maximum absolute atomic E-state index is 12.4. The van der Waals surface area contributed by atoms with Gasteiger partial charge in [-0.05, 0) is 13.0 Å². The van der Waals surface area contributed by atoms with Crippen molar-refractivity contribution in [1.82, 2.24) is 4.90 Å². The predicted octanol–water partition coefficient (Wildman–Crippen LogP) is 1.94. The Morgan fingerprint density at radius 2 is 1.96 bits per heavy atom. The van der Waals surface area contributed by atoms with E-state index in [1.165, 1.54) is 13.2 Å². The Morgan fingerprint density at radius 1 is 1.16 bits per heavy atom. The van der Waals surface area contributed by atoms with Crippen LogP contribution < -0.4 is 20.2 Å². The molecule has 1 aromatic carbocycles. The molecule has 1 saturated heterocycles. The van der Waals surface area contributed by atoms with Crippen molar-refractivity contribution in [2.75, 3.05) is 58.9 Å². The molecular weight excluding hydrogens is 324 g/mol. The largest absolute Gasteiger partial charge is 0.496 e. The molecule has 1 aromatic heterocycles. The Labute approximate surface area is 146 Å². The summed E-state index contributed by atoms with van der Waals surface area (Å²) < 4.78 is 21.7. The first-order valence-electron chi connectivity index (χ1n) is 8.45. The van der Waals surface area contributed by atoms with Gasteiger partial charge >= 0.3 is 0 Å². The summed E-state index contributed by atoms with van der Waals surface area (Å²) in [6, 6.07) is 4.83. The van der Waals surface area contributed by atoms with E-state index in [4.69, 9.17) is 18.6 Å². The minimum atomic E-state index is -0.142. The Balaban J connectivity index is 1.68. The average molecular weight is 348 g/mol. The fourth-order valence-corrected chi connectivity index (χ4v) is 2.93. The Bertz CT molecular complexity index is 768. The molecule has 0 spiro atoms. The molecule has 0 saturated carbocycles. The second-order valence-electron chi connectivity index (χ2n) is 5.91. The van der Waals surface area contributed by atoms with Crippen LogP contribution in [0.15, 0.2) is 27.4 Å². The lowest BCUT2D eigenvalue weighted by Crippen LogP contribution is -2.37. The predicted molar refractivity (Wildman–Crippen MR) is 96.0 cm³/mol. The van der Waals surface area contributed by atoms with Crippen molar-refractivity contribution in [3.05, 3.63) is 28.4 Å². The summed E-state index contributed by atoms with van der Waals surface area (Å²) >= 11 is 0. The van der Waals surface area contributed by atoms with Gasteiger partial charge in [-0.1, -0.05) is 0 Å². The van der Waals surface area contributed by atoms with E-state index >= 15 is 0 Å².